The first-order valence-electron chi connectivity index (χ1n) is 6.02. The van der Waals surface area contributed by atoms with E-state index in [1.54, 1.807) is 37.3 Å². The van der Waals surface area contributed by atoms with Crippen LogP contribution < -0.4 is 5.32 Å². The minimum absolute atomic E-state index is 0.120. The number of carbonyl (C=O) groups excluding carboxylic acids is 1. The zero-order chi connectivity index (χ0) is 16.1. The van der Waals surface area contributed by atoms with E-state index in [9.17, 15) is 14.7 Å². The topological polar surface area (TPSA) is 75.6 Å². The van der Waals surface area contributed by atoms with Crippen LogP contribution in [0.25, 0.3) is 0 Å². The maximum Gasteiger partial charge on any atom is 0.408 e. The van der Waals surface area contributed by atoms with E-state index in [4.69, 9.17) is 39.5 Å². The number of carboxylic acid groups (broad SMARTS) is 1. The molecule has 1 atom stereocenters. The largest absolute Gasteiger partial charge is 0.479 e. The highest BCUT2D eigenvalue weighted by Crippen LogP contribution is 2.28. The summed E-state index contributed by atoms with van der Waals surface area (Å²) in [5.41, 5.74) is -1.18. The molecule has 0 saturated carbocycles. The molecule has 0 heterocycles. The summed E-state index contributed by atoms with van der Waals surface area (Å²) in [6.07, 6.45) is -0.857. The molecule has 116 valence electrons. The Kier molecular flexibility index (Phi) is 6.13. The predicted molar refractivity (Wildman–Crippen MR) is 80.8 cm³/mol. The van der Waals surface area contributed by atoms with Crippen molar-refractivity contribution >= 4 is 46.9 Å². The highest BCUT2D eigenvalue weighted by Gasteiger charge is 2.41. The third-order valence-corrected chi connectivity index (χ3v) is 3.17. The lowest BCUT2D eigenvalue weighted by molar-refractivity contribution is -0.145. The number of carboxylic acids is 1. The third kappa shape index (κ3) is 4.95. The van der Waals surface area contributed by atoms with Crippen molar-refractivity contribution in [2.45, 2.75) is 22.7 Å². The molecule has 8 heteroatoms. The number of alkyl halides is 3. The van der Waals surface area contributed by atoms with Gasteiger partial charge in [0.1, 0.15) is 6.61 Å². The van der Waals surface area contributed by atoms with E-state index in [-0.39, 0.29) is 6.42 Å². The van der Waals surface area contributed by atoms with Crippen molar-refractivity contribution in [3.8, 4) is 0 Å². The van der Waals surface area contributed by atoms with Gasteiger partial charge in [0.05, 0.1) is 0 Å². The van der Waals surface area contributed by atoms with Crippen LogP contribution in [0.2, 0.25) is 0 Å². The van der Waals surface area contributed by atoms with Gasteiger partial charge in [-0.15, -0.1) is 0 Å². The molecular formula is C13H14Cl3NO4. The molecule has 21 heavy (non-hydrogen) atoms. The van der Waals surface area contributed by atoms with Crippen LogP contribution in [0.1, 0.15) is 18.9 Å². The van der Waals surface area contributed by atoms with Gasteiger partial charge in [-0.05, 0) is 12.0 Å². The summed E-state index contributed by atoms with van der Waals surface area (Å²) in [4.78, 5) is 23.4. The van der Waals surface area contributed by atoms with Crippen LogP contribution in [0.5, 0.6) is 0 Å². The molecule has 0 unspecified atom stereocenters. The van der Waals surface area contributed by atoms with E-state index in [1.807, 2.05) is 0 Å². The summed E-state index contributed by atoms with van der Waals surface area (Å²) in [5, 5.41) is 11.8. The molecule has 0 spiro atoms. The van der Waals surface area contributed by atoms with Crippen LogP contribution in [-0.2, 0) is 15.1 Å². The maximum atomic E-state index is 11.8. The molecule has 0 saturated heterocycles. The van der Waals surface area contributed by atoms with Crippen molar-refractivity contribution < 1.29 is 19.4 Å². The van der Waals surface area contributed by atoms with Gasteiger partial charge in [0, 0.05) is 0 Å². The lowest BCUT2D eigenvalue weighted by Crippen LogP contribution is -2.52. The van der Waals surface area contributed by atoms with E-state index < -0.39 is 28.0 Å². The van der Waals surface area contributed by atoms with E-state index in [1.165, 1.54) is 0 Å². The van der Waals surface area contributed by atoms with Crippen LogP contribution in [0.15, 0.2) is 30.3 Å². The Morgan fingerprint density at radius 1 is 1.24 bits per heavy atom. The predicted octanol–water partition coefficient (Wildman–Crippen LogP) is 3.47. The van der Waals surface area contributed by atoms with Crippen LogP contribution >= 0.6 is 34.8 Å². The molecule has 1 aromatic carbocycles. The molecule has 5 nitrogen and oxygen atoms in total. The summed E-state index contributed by atoms with van der Waals surface area (Å²) >= 11 is 16.4. The fourth-order valence-corrected chi connectivity index (χ4v) is 1.94. The van der Waals surface area contributed by atoms with Gasteiger partial charge in [-0.3, -0.25) is 0 Å². The second kappa shape index (κ2) is 7.20. The first-order valence-corrected chi connectivity index (χ1v) is 7.15. The quantitative estimate of drug-likeness (QED) is 0.794. The van der Waals surface area contributed by atoms with Gasteiger partial charge in [0.2, 0.25) is 3.79 Å². The minimum atomic E-state index is -1.76. The monoisotopic (exact) mass is 353 g/mol. The SMILES string of the molecule is CC[C@@](NC(=O)OCC(Cl)(Cl)Cl)(C(=O)O)c1ccccc1. The Morgan fingerprint density at radius 3 is 2.24 bits per heavy atom. The van der Waals surface area contributed by atoms with Gasteiger partial charge in [0.25, 0.3) is 0 Å². The Balaban J connectivity index is 2.95. The summed E-state index contributed by atoms with van der Waals surface area (Å²) < 4.78 is 2.96. The van der Waals surface area contributed by atoms with Crippen molar-refractivity contribution in [2.24, 2.45) is 0 Å². The Morgan fingerprint density at radius 2 is 1.81 bits per heavy atom. The number of aliphatic carboxylic acids is 1. The van der Waals surface area contributed by atoms with Crippen molar-refractivity contribution in [1.82, 2.24) is 5.32 Å². The average molecular weight is 355 g/mol. The molecular weight excluding hydrogens is 341 g/mol. The number of ether oxygens (including phenoxy) is 1. The van der Waals surface area contributed by atoms with Gasteiger partial charge >= 0.3 is 12.1 Å². The second-order valence-electron chi connectivity index (χ2n) is 4.25. The van der Waals surface area contributed by atoms with Crippen LogP contribution in [0, 0.1) is 0 Å². The number of hydrogen-bond donors (Lipinski definition) is 2. The average Bonchev–Trinajstić information content (AvgIpc) is 2.42. The maximum absolute atomic E-state index is 11.8. The molecule has 1 rings (SSSR count). The Labute approximate surface area is 137 Å². The van der Waals surface area contributed by atoms with Crippen molar-refractivity contribution in [3.05, 3.63) is 35.9 Å². The minimum Gasteiger partial charge on any atom is -0.479 e. The molecule has 1 amide bonds. The molecule has 0 aromatic heterocycles. The Hall–Kier alpha value is -1.17. The molecule has 2 N–H and O–H groups in total. The van der Waals surface area contributed by atoms with Crippen LogP contribution in [0.3, 0.4) is 0 Å². The molecule has 0 aliphatic rings. The smallest absolute Gasteiger partial charge is 0.408 e. The number of rotatable bonds is 5. The normalized spacial score (nSPS) is 14.1. The summed E-state index contributed by atoms with van der Waals surface area (Å²) in [6, 6.07) is 8.31. The fourth-order valence-electron chi connectivity index (χ4n) is 1.77. The number of halogens is 3. The fraction of sp³-hybridized carbons (Fsp3) is 0.385. The van der Waals surface area contributed by atoms with Crippen molar-refractivity contribution in [1.29, 1.82) is 0 Å². The van der Waals surface area contributed by atoms with Crippen molar-refractivity contribution in [3.63, 3.8) is 0 Å². The van der Waals surface area contributed by atoms with Gasteiger partial charge < -0.3 is 15.2 Å². The number of carbonyl (C=O) groups is 2. The molecule has 0 aliphatic heterocycles. The third-order valence-electron chi connectivity index (χ3n) is 2.84. The lowest BCUT2D eigenvalue weighted by Gasteiger charge is -2.29. The number of amides is 1. The zero-order valence-corrected chi connectivity index (χ0v) is 13.4. The molecule has 0 fully saturated rings. The molecule has 0 bridgehead atoms. The van der Waals surface area contributed by atoms with E-state index >= 15 is 0 Å². The summed E-state index contributed by atoms with van der Waals surface area (Å²) in [6.45, 7) is 1.15. The number of hydrogen-bond acceptors (Lipinski definition) is 3. The lowest BCUT2D eigenvalue weighted by atomic mass is 9.87. The second-order valence-corrected chi connectivity index (χ2v) is 6.76. The summed E-state index contributed by atoms with van der Waals surface area (Å²) in [5.74, 6) is -1.21. The zero-order valence-electron chi connectivity index (χ0n) is 11.1. The van der Waals surface area contributed by atoms with Gasteiger partial charge in [-0.2, -0.15) is 0 Å². The van der Waals surface area contributed by atoms with Gasteiger partial charge in [-0.25, -0.2) is 9.59 Å². The first kappa shape index (κ1) is 17.9. The molecule has 0 radical (unpaired) electrons. The molecule has 1 aromatic rings. The van der Waals surface area contributed by atoms with E-state index in [0.29, 0.717) is 5.56 Å². The van der Waals surface area contributed by atoms with Crippen LogP contribution in [0.4, 0.5) is 4.79 Å². The number of nitrogens with one attached hydrogen (secondary N) is 1. The van der Waals surface area contributed by atoms with Gasteiger partial charge in [0.15, 0.2) is 5.54 Å². The first-order chi connectivity index (χ1) is 9.71. The number of benzene rings is 1. The molecule has 0 aliphatic carbocycles. The number of alkyl carbamates (subject to hydrolysis) is 1. The van der Waals surface area contributed by atoms with Crippen LogP contribution in [-0.4, -0.2) is 27.6 Å². The van der Waals surface area contributed by atoms with Gasteiger partial charge in [-0.1, -0.05) is 72.1 Å². The van der Waals surface area contributed by atoms with E-state index in [0.717, 1.165) is 0 Å². The highest BCUT2D eigenvalue weighted by atomic mass is 35.6. The van der Waals surface area contributed by atoms with E-state index in [2.05, 4.69) is 5.32 Å². The Bertz CT molecular complexity index is 504. The van der Waals surface area contributed by atoms with Crippen molar-refractivity contribution in [2.75, 3.05) is 6.61 Å². The highest BCUT2D eigenvalue weighted by molar-refractivity contribution is 6.67. The summed E-state index contributed by atoms with van der Waals surface area (Å²) in [7, 11) is 0. The standard InChI is InChI=1S/C13H14Cl3NO4/c1-2-12(10(18)19,9-6-4-3-5-7-9)17-11(20)21-8-13(14,15)16/h3-7H,2,8H2,1H3,(H,17,20)(H,18,19)/t12-/m0/s1.